The van der Waals surface area contributed by atoms with E-state index in [4.69, 9.17) is 5.73 Å². The lowest BCUT2D eigenvalue weighted by atomic mass is 10.2. The van der Waals surface area contributed by atoms with E-state index in [9.17, 15) is 0 Å². The minimum atomic E-state index is 0.498. The van der Waals surface area contributed by atoms with Gasteiger partial charge in [-0.3, -0.25) is 0 Å². The Bertz CT molecular complexity index is 668. The summed E-state index contributed by atoms with van der Waals surface area (Å²) in [6.07, 6.45) is 1.01. The first-order chi connectivity index (χ1) is 8.28. The Balaban J connectivity index is 2.18. The van der Waals surface area contributed by atoms with Crippen LogP contribution in [0.15, 0.2) is 23.6 Å². The highest BCUT2D eigenvalue weighted by Gasteiger charge is 2.11. The Hall–Kier alpha value is -1.88. The van der Waals surface area contributed by atoms with Crippen molar-refractivity contribution in [3.8, 4) is 10.7 Å². The number of imidazole rings is 1. The fourth-order valence-corrected chi connectivity index (χ4v) is 2.78. The van der Waals surface area contributed by atoms with E-state index in [0.717, 1.165) is 17.8 Å². The van der Waals surface area contributed by atoms with Gasteiger partial charge in [-0.25, -0.2) is 9.97 Å². The van der Waals surface area contributed by atoms with Crippen LogP contribution in [0.4, 0.5) is 5.82 Å². The van der Waals surface area contributed by atoms with Gasteiger partial charge in [-0.15, -0.1) is 11.3 Å². The maximum Gasteiger partial charge on any atom is 0.180 e. The van der Waals surface area contributed by atoms with Crippen LogP contribution < -0.4 is 5.73 Å². The SMILES string of the molecule is CCc1ccsc1-c1nc2nc(N)ccc2[nH]1. The number of thiophene rings is 1. The van der Waals surface area contributed by atoms with E-state index in [1.165, 1.54) is 10.4 Å². The number of anilines is 1. The van der Waals surface area contributed by atoms with Crippen molar-refractivity contribution in [1.82, 2.24) is 15.0 Å². The van der Waals surface area contributed by atoms with Gasteiger partial charge in [0.1, 0.15) is 5.82 Å². The Morgan fingerprint density at radius 3 is 3.00 bits per heavy atom. The van der Waals surface area contributed by atoms with Crippen LogP contribution in [-0.2, 0) is 6.42 Å². The quantitative estimate of drug-likeness (QED) is 0.728. The smallest absolute Gasteiger partial charge is 0.180 e. The summed E-state index contributed by atoms with van der Waals surface area (Å²) in [4.78, 5) is 13.2. The molecule has 0 saturated heterocycles. The topological polar surface area (TPSA) is 67.6 Å². The van der Waals surface area contributed by atoms with Crippen LogP contribution in [0.5, 0.6) is 0 Å². The normalized spacial score (nSPS) is 11.1. The Kier molecular flexibility index (Phi) is 2.33. The summed E-state index contributed by atoms with van der Waals surface area (Å²) in [5, 5.41) is 2.09. The largest absolute Gasteiger partial charge is 0.384 e. The second-order valence-electron chi connectivity index (χ2n) is 3.82. The van der Waals surface area contributed by atoms with E-state index in [0.29, 0.717) is 11.5 Å². The van der Waals surface area contributed by atoms with E-state index < -0.39 is 0 Å². The first-order valence-corrected chi connectivity index (χ1v) is 6.35. The standard InChI is InChI=1S/C12H12N4S/c1-2-7-5-6-17-10(7)12-14-8-3-4-9(13)15-11(8)16-12/h3-6H,2H2,1H3,(H3,13,14,15,16). The summed E-state index contributed by atoms with van der Waals surface area (Å²) in [5.41, 5.74) is 8.55. The number of aryl methyl sites for hydroxylation is 1. The monoisotopic (exact) mass is 244 g/mol. The maximum atomic E-state index is 5.65. The molecule has 4 nitrogen and oxygen atoms in total. The van der Waals surface area contributed by atoms with Crippen LogP contribution in [0.2, 0.25) is 0 Å². The molecule has 0 bridgehead atoms. The number of nitrogens with zero attached hydrogens (tertiary/aromatic N) is 2. The molecule has 0 amide bonds. The first kappa shape index (κ1) is 10.3. The lowest BCUT2D eigenvalue weighted by Gasteiger charge is -1.95. The highest BCUT2D eigenvalue weighted by molar-refractivity contribution is 7.13. The molecular formula is C12H12N4S. The third kappa shape index (κ3) is 1.68. The number of fused-ring (bicyclic) bond motifs is 1. The van der Waals surface area contributed by atoms with Gasteiger partial charge in [0.05, 0.1) is 10.4 Å². The molecule has 3 N–H and O–H groups in total. The summed E-state index contributed by atoms with van der Waals surface area (Å²) < 4.78 is 0. The third-order valence-corrected chi connectivity index (χ3v) is 3.67. The molecule has 17 heavy (non-hydrogen) atoms. The van der Waals surface area contributed by atoms with Gasteiger partial charge in [-0.1, -0.05) is 6.92 Å². The Labute approximate surface area is 103 Å². The van der Waals surface area contributed by atoms with Crippen molar-refractivity contribution in [3.63, 3.8) is 0 Å². The number of hydrogen-bond acceptors (Lipinski definition) is 4. The fourth-order valence-electron chi connectivity index (χ4n) is 1.84. The van der Waals surface area contributed by atoms with Gasteiger partial charge in [0.2, 0.25) is 0 Å². The van der Waals surface area contributed by atoms with Crippen LogP contribution in [0.25, 0.3) is 21.9 Å². The van der Waals surface area contributed by atoms with E-state index in [1.807, 2.05) is 6.07 Å². The number of nitrogens with two attached hydrogens (primary N) is 1. The van der Waals surface area contributed by atoms with Crippen molar-refractivity contribution >= 4 is 28.3 Å². The molecular weight excluding hydrogens is 232 g/mol. The minimum absolute atomic E-state index is 0.498. The second kappa shape index (κ2) is 3.85. The van der Waals surface area contributed by atoms with Crippen molar-refractivity contribution in [2.24, 2.45) is 0 Å². The molecule has 3 aromatic rings. The molecule has 0 aromatic carbocycles. The number of nitrogens with one attached hydrogen (secondary N) is 1. The molecule has 0 saturated carbocycles. The van der Waals surface area contributed by atoms with Crippen molar-refractivity contribution in [2.75, 3.05) is 5.73 Å². The third-order valence-electron chi connectivity index (χ3n) is 2.71. The molecule has 3 aromatic heterocycles. The van der Waals surface area contributed by atoms with Crippen LogP contribution in [0.3, 0.4) is 0 Å². The van der Waals surface area contributed by atoms with Crippen molar-refractivity contribution in [3.05, 3.63) is 29.1 Å². The van der Waals surface area contributed by atoms with Gasteiger partial charge in [0, 0.05) is 0 Å². The molecule has 0 aliphatic heterocycles. The second-order valence-corrected chi connectivity index (χ2v) is 4.74. The molecule has 0 fully saturated rings. The molecule has 5 heteroatoms. The summed E-state index contributed by atoms with van der Waals surface area (Å²) in [6.45, 7) is 2.14. The molecule has 0 radical (unpaired) electrons. The summed E-state index contributed by atoms with van der Waals surface area (Å²) in [6, 6.07) is 5.82. The van der Waals surface area contributed by atoms with Crippen LogP contribution in [0, 0.1) is 0 Å². The number of aromatic nitrogens is 3. The number of H-pyrrole nitrogens is 1. The lowest BCUT2D eigenvalue weighted by Crippen LogP contribution is -1.88. The summed E-state index contributed by atoms with van der Waals surface area (Å²) >= 11 is 1.69. The van der Waals surface area contributed by atoms with Crippen LogP contribution >= 0.6 is 11.3 Å². The fraction of sp³-hybridized carbons (Fsp3) is 0.167. The number of rotatable bonds is 2. The Morgan fingerprint density at radius 2 is 2.18 bits per heavy atom. The number of pyridine rings is 1. The average Bonchev–Trinajstić information content (AvgIpc) is 2.93. The van der Waals surface area contributed by atoms with Gasteiger partial charge in [0.25, 0.3) is 0 Å². The van der Waals surface area contributed by atoms with Gasteiger partial charge in [-0.2, -0.15) is 0 Å². The van der Waals surface area contributed by atoms with E-state index in [-0.39, 0.29) is 0 Å². The van der Waals surface area contributed by atoms with Crippen LogP contribution in [-0.4, -0.2) is 15.0 Å². The zero-order valence-corrected chi connectivity index (χ0v) is 10.2. The maximum absolute atomic E-state index is 5.65. The van der Waals surface area contributed by atoms with Gasteiger partial charge in [0.15, 0.2) is 11.5 Å². The molecule has 86 valence electrons. The number of aromatic amines is 1. The van der Waals surface area contributed by atoms with E-state index in [1.54, 1.807) is 17.4 Å². The number of hydrogen-bond donors (Lipinski definition) is 2. The van der Waals surface area contributed by atoms with Gasteiger partial charge in [-0.05, 0) is 35.6 Å². The van der Waals surface area contributed by atoms with E-state index in [2.05, 4.69) is 33.3 Å². The highest BCUT2D eigenvalue weighted by Crippen LogP contribution is 2.29. The summed E-state index contributed by atoms with van der Waals surface area (Å²) in [7, 11) is 0. The first-order valence-electron chi connectivity index (χ1n) is 5.47. The van der Waals surface area contributed by atoms with Crippen molar-refractivity contribution in [2.45, 2.75) is 13.3 Å². The predicted octanol–water partition coefficient (Wildman–Crippen LogP) is 2.83. The summed E-state index contributed by atoms with van der Waals surface area (Å²) in [5.74, 6) is 1.38. The zero-order chi connectivity index (χ0) is 11.8. The van der Waals surface area contributed by atoms with Gasteiger partial charge < -0.3 is 10.7 Å². The minimum Gasteiger partial charge on any atom is -0.384 e. The molecule has 0 aliphatic rings. The molecule has 3 heterocycles. The van der Waals surface area contributed by atoms with E-state index >= 15 is 0 Å². The molecule has 0 atom stereocenters. The average molecular weight is 244 g/mol. The van der Waals surface area contributed by atoms with Gasteiger partial charge >= 0.3 is 0 Å². The van der Waals surface area contributed by atoms with Crippen LogP contribution in [0.1, 0.15) is 12.5 Å². The molecule has 0 spiro atoms. The molecule has 0 unspecified atom stereocenters. The Morgan fingerprint density at radius 1 is 1.29 bits per heavy atom. The lowest BCUT2D eigenvalue weighted by molar-refractivity contribution is 1.15. The van der Waals surface area contributed by atoms with Crippen molar-refractivity contribution < 1.29 is 0 Å². The highest BCUT2D eigenvalue weighted by atomic mass is 32.1. The molecule has 3 rings (SSSR count). The predicted molar refractivity (Wildman–Crippen MR) is 71.0 cm³/mol. The zero-order valence-electron chi connectivity index (χ0n) is 9.40. The molecule has 0 aliphatic carbocycles. The number of nitrogen functional groups attached to an aromatic ring is 1. The van der Waals surface area contributed by atoms with Crippen molar-refractivity contribution in [1.29, 1.82) is 0 Å².